The first-order chi connectivity index (χ1) is 11.7. The topological polar surface area (TPSA) is 68.0 Å². The predicted molar refractivity (Wildman–Crippen MR) is 96.9 cm³/mol. The van der Waals surface area contributed by atoms with Crippen molar-refractivity contribution in [1.82, 2.24) is 14.5 Å². The standard InChI is InChI=1S/C18H19N3O2S/c1-13-8-9-16(19-12-13)21-17(23)14-6-2-3-7-15(14)20-18(21)24-11-5-4-10-22/h2-3,6-9,12,22H,4-5,10-11H2,1H3. The van der Waals surface area contributed by atoms with Crippen molar-refractivity contribution in [3.05, 3.63) is 58.5 Å². The second kappa shape index (κ2) is 7.59. The highest BCUT2D eigenvalue weighted by molar-refractivity contribution is 7.99. The van der Waals surface area contributed by atoms with Crippen LogP contribution in [0.4, 0.5) is 0 Å². The smallest absolute Gasteiger partial charge is 0.267 e. The summed E-state index contributed by atoms with van der Waals surface area (Å²) in [6.45, 7) is 2.14. The van der Waals surface area contributed by atoms with E-state index in [2.05, 4.69) is 9.97 Å². The first kappa shape index (κ1) is 16.7. The van der Waals surface area contributed by atoms with Gasteiger partial charge in [-0.05, 0) is 43.5 Å². The molecule has 124 valence electrons. The Balaban J connectivity index is 2.10. The minimum absolute atomic E-state index is 0.110. The molecule has 0 amide bonds. The van der Waals surface area contributed by atoms with Crippen LogP contribution in [0.5, 0.6) is 0 Å². The van der Waals surface area contributed by atoms with E-state index in [1.165, 1.54) is 11.8 Å². The van der Waals surface area contributed by atoms with Crippen LogP contribution in [0.15, 0.2) is 52.5 Å². The summed E-state index contributed by atoms with van der Waals surface area (Å²) in [6.07, 6.45) is 3.36. The lowest BCUT2D eigenvalue weighted by atomic mass is 10.2. The third-order valence-corrected chi connectivity index (χ3v) is 4.68. The van der Waals surface area contributed by atoms with Crippen molar-refractivity contribution >= 4 is 22.7 Å². The molecule has 0 fully saturated rings. The number of aryl methyl sites for hydroxylation is 1. The van der Waals surface area contributed by atoms with Crippen LogP contribution in [0.2, 0.25) is 0 Å². The molecule has 1 N–H and O–H groups in total. The normalized spacial score (nSPS) is 11.1. The quantitative estimate of drug-likeness (QED) is 0.424. The highest BCUT2D eigenvalue weighted by atomic mass is 32.2. The fourth-order valence-corrected chi connectivity index (χ4v) is 3.38. The van der Waals surface area contributed by atoms with E-state index in [9.17, 15) is 4.79 Å². The average Bonchev–Trinajstić information content (AvgIpc) is 2.60. The van der Waals surface area contributed by atoms with Gasteiger partial charge in [-0.3, -0.25) is 4.79 Å². The van der Waals surface area contributed by atoms with E-state index in [0.29, 0.717) is 21.9 Å². The number of hydrogen-bond acceptors (Lipinski definition) is 5. The Hall–Kier alpha value is -2.18. The maximum Gasteiger partial charge on any atom is 0.267 e. The molecule has 0 radical (unpaired) electrons. The van der Waals surface area contributed by atoms with E-state index < -0.39 is 0 Å². The van der Waals surface area contributed by atoms with Gasteiger partial charge in [0.1, 0.15) is 5.82 Å². The zero-order chi connectivity index (χ0) is 16.9. The molecule has 0 saturated carbocycles. The molecule has 1 aromatic carbocycles. The average molecular weight is 341 g/mol. The van der Waals surface area contributed by atoms with Gasteiger partial charge in [-0.25, -0.2) is 14.5 Å². The largest absolute Gasteiger partial charge is 0.396 e. The van der Waals surface area contributed by atoms with E-state index in [1.807, 2.05) is 37.3 Å². The number of nitrogens with zero attached hydrogens (tertiary/aromatic N) is 3. The number of thioether (sulfide) groups is 1. The van der Waals surface area contributed by atoms with E-state index in [0.717, 1.165) is 24.2 Å². The molecule has 6 heteroatoms. The molecule has 0 aliphatic rings. The molecule has 0 spiro atoms. The van der Waals surface area contributed by atoms with Crippen LogP contribution < -0.4 is 5.56 Å². The fraction of sp³-hybridized carbons (Fsp3) is 0.278. The minimum Gasteiger partial charge on any atom is -0.396 e. The monoisotopic (exact) mass is 341 g/mol. The van der Waals surface area contributed by atoms with Crippen LogP contribution in [0.25, 0.3) is 16.7 Å². The Morgan fingerprint density at radius 2 is 2.00 bits per heavy atom. The van der Waals surface area contributed by atoms with E-state index >= 15 is 0 Å². The van der Waals surface area contributed by atoms with E-state index in [4.69, 9.17) is 5.11 Å². The zero-order valence-electron chi connectivity index (χ0n) is 13.5. The Morgan fingerprint density at radius 3 is 2.75 bits per heavy atom. The van der Waals surface area contributed by atoms with Crippen LogP contribution in [0.3, 0.4) is 0 Å². The fourth-order valence-electron chi connectivity index (χ4n) is 2.38. The number of unbranched alkanes of at least 4 members (excludes halogenated alkanes) is 1. The maximum absolute atomic E-state index is 13.0. The molecular formula is C18H19N3O2S. The van der Waals surface area contributed by atoms with Crippen molar-refractivity contribution in [3.63, 3.8) is 0 Å². The molecule has 0 unspecified atom stereocenters. The molecule has 2 aromatic heterocycles. The van der Waals surface area contributed by atoms with Crippen molar-refractivity contribution in [1.29, 1.82) is 0 Å². The Labute approximate surface area is 144 Å². The third-order valence-electron chi connectivity index (χ3n) is 3.65. The van der Waals surface area contributed by atoms with E-state index in [-0.39, 0.29) is 12.2 Å². The van der Waals surface area contributed by atoms with Gasteiger partial charge in [0.25, 0.3) is 5.56 Å². The lowest BCUT2D eigenvalue weighted by Crippen LogP contribution is -2.22. The number of rotatable bonds is 6. The molecular weight excluding hydrogens is 322 g/mol. The van der Waals surface area contributed by atoms with Crippen molar-refractivity contribution in [2.45, 2.75) is 24.9 Å². The number of aromatic nitrogens is 3. The molecule has 0 aliphatic heterocycles. The predicted octanol–water partition coefficient (Wildman–Crippen LogP) is 2.95. The molecule has 0 saturated heterocycles. The number of para-hydroxylation sites is 1. The first-order valence-corrected chi connectivity index (χ1v) is 8.88. The Kier molecular flexibility index (Phi) is 5.27. The molecule has 3 rings (SSSR count). The van der Waals surface area contributed by atoms with Gasteiger partial charge in [-0.2, -0.15) is 0 Å². The van der Waals surface area contributed by atoms with Gasteiger partial charge in [0.2, 0.25) is 0 Å². The second-order valence-corrected chi connectivity index (χ2v) is 6.59. The van der Waals surface area contributed by atoms with Gasteiger partial charge in [0.15, 0.2) is 5.16 Å². The molecule has 3 aromatic rings. The minimum atomic E-state index is -0.110. The first-order valence-electron chi connectivity index (χ1n) is 7.89. The number of pyridine rings is 1. The van der Waals surface area contributed by atoms with Crippen LogP contribution >= 0.6 is 11.8 Å². The molecule has 0 atom stereocenters. The van der Waals surface area contributed by atoms with Gasteiger partial charge in [0, 0.05) is 18.6 Å². The van der Waals surface area contributed by atoms with Crippen LogP contribution in [-0.4, -0.2) is 32.0 Å². The highest BCUT2D eigenvalue weighted by Gasteiger charge is 2.13. The van der Waals surface area contributed by atoms with Crippen molar-refractivity contribution < 1.29 is 5.11 Å². The summed E-state index contributed by atoms with van der Waals surface area (Å²) in [5, 5.41) is 10.1. The molecule has 0 aliphatic carbocycles. The number of hydrogen-bond donors (Lipinski definition) is 1. The molecule has 5 nitrogen and oxygen atoms in total. The van der Waals surface area contributed by atoms with Crippen LogP contribution in [-0.2, 0) is 0 Å². The summed E-state index contributed by atoms with van der Waals surface area (Å²) in [4.78, 5) is 22.0. The maximum atomic E-state index is 13.0. The summed E-state index contributed by atoms with van der Waals surface area (Å²) in [6, 6.07) is 11.1. The summed E-state index contributed by atoms with van der Waals surface area (Å²) in [5.41, 5.74) is 1.62. The molecule has 24 heavy (non-hydrogen) atoms. The van der Waals surface area contributed by atoms with Crippen LogP contribution in [0.1, 0.15) is 18.4 Å². The summed E-state index contributed by atoms with van der Waals surface area (Å²) < 4.78 is 1.57. The van der Waals surface area contributed by atoms with Gasteiger partial charge in [-0.1, -0.05) is 30.0 Å². The zero-order valence-corrected chi connectivity index (χ0v) is 14.3. The number of fused-ring (bicyclic) bond motifs is 1. The van der Waals surface area contributed by atoms with Crippen LogP contribution in [0, 0.1) is 6.92 Å². The molecule has 0 bridgehead atoms. The Bertz CT molecular complexity index is 891. The van der Waals surface area contributed by atoms with Gasteiger partial charge >= 0.3 is 0 Å². The van der Waals surface area contributed by atoms with Crippen molar-refractivity contribution in [2.24, 2.45) is 0 Å². The number of aliphatic hydroxyl groups is 1. The highest BCUT2D eigenvalue weighted by Crippen LogP contribution is 2.21. The SMILES string of the molecule is Cc1ccc(-n2c(SCCCCO)nc3ccccc3c2=O)nc1. The third kappa shape index (κ3) is 3.49. The van der Waals surface area contributed by atoms with Gasteiger partial charge in [-0.15, -0.1) is 0 Å². The second-order valence-electron chi connectivity index (χ2n) is 5.53. The number of aliphatic hydroxyl groups excluding tert-OH is 1. The molecule has 2 heterocycles. The van der Waals surface area contributed by atoms with E-state index in [1.54, 1.807) is 16.8 Å². The lowest BCUT2D eigenvalue weighted by molar-refractivity contribution is 0.287. The van der Waals surface area contributed by atoms with Gasteiger partial charge in [0.05, 0.1) is 10.9 Å². The summed E-state index contributed by atoms with van der Waals surface area (Å²) in [7, 11) is 0. The van der Waals surface area contributed by atoms with Gasteiger partial charge < -0.3 is 5.11 Å². The Morgan fingerprint density at radius 1 is 1.17 bits per heavy atom. The summed E-state index contributed by atoms with van der Waals surface area (Å²) in [5.74, 6) is 1.37. The lowest BCUT2D eigenvalue weighted by Gasteiger charge is -2.12. The van der Waals surface area contributed by atoms with Crippen molar-refractivity contribution in [3.8, 4) is 5.82 Å². The van der Waals surface area contributed by atoms with Crippen molar-refractivity contribution in [2.75, 3.05) is 12.4 Å². The summed E-state index contributed by atoms with van der Waals surface area (Å²) >= 11 is 1.52. The number of benzene rings is 1.